The van der Waals surface area contributed by atoms with Crippen LogP contribution in [0.15, 0.2) is 0 Å². The molecule has 0 aromatic carbocycles. The van der Waals surface area contributed by atoms with E-state index in [4.69, 9.17) is 9.47 Å². The van der Waals surface area contributed by atoms with E-state index in [1.54, 1.807) is 0 Å². The third-order valence-electron chi connectivity index (χ3n) is 3.09. The summed E-state index contributed by atoms with van der Waals surface area (Å²) in [7, 11) is 0. The second kappa shape index (κ2) is 8.48. The molecular weight excluding hydrogens is 218 g/mol. The Bertz CT molecular complexity index is 221. The van der Waals surface area contributed by atoms with Gasteiger partial charge in [-0.25, -0.2) is 0 Å². The minimum absolute atomic E-state index is 0.0373. The highest BCUT2D eigenvalue weighted by atomic mass is 16.5. The Morgan fingerprint density at radius 2 is 2.18 bits per heavy atom. The van der Waals surface area contributed by atoms with E-state index in [9.17, 15) is 4.79 Å². The third-order valence-corrected chi connectivity index (χ3v) is 3.09. The maximum Gasteiger partial charge on any atom is 0.323 e. The van der Waals surface area contributed by atoms with Crippen LogP contribution >= 0.6 is 0 Å². The van der Waals surface area contributed by atoms with Crippen molar-refractivity contribution in [3.63, 3.8) is 0 Å². The van der Waals surface area contributed by atoms with Crippen molar-refractivity contribution in [2.24, 2.45) is 0 Å². The number of carbonyl (C=O) groups excluding carboxylic acids is 1. The van der Waals surface area contributed by atoms with E-state index >= 15 is 0 Å². The predicted octanol–water partition coefficient (Wildman–Crippen LogP) is 1.83. The topological polar surface area (TPSA) is 38.8 Å². The lowest BCUT2D eigenvalue weighted by Gasteiger charge is -2.22. The summed E-state index contributed by atoms with van der Waals surface area (Å²) < 4.78 is 10.6. The average Bonchev–Trinajstić information content (AvgIpc) is 2.77. The third kappa shape index (κ3) is 5.04. The van der Waals surface area contributed by atoms with Crippen LogP contribution < -0.4 is 0 Å². The summed E-state index contributed by atoms with van der Waals surface area (Å²) in [4.78, 5) is 13.9. The molecule has 1 heterocycles. The summed E-state index contributed by atoms with van der Waals surface area (Å²) in [6.07, 6.45) is 4.28. The van der Waals surface area contributed by atoms with E-state index in [0.29, 0.717) is 6.61 Å². The highest BCUT2D eigenvalue weighted by Gasteiger charge is 2.31. The molecule has 1 rings (SSSR count). The average molecular weight is 243 g/mol. The number of esters is 1. The molecule has 0 aromatic rings. The summed E-state index contributed by atoms with van der Waals surface area (Å²) in [6, 6.07) is -0.0373. The number of carbonyl (C=O) groups is 1. The van der Waals surface area contributed by atoms with Crippen molar-refractivity contribution in [3.05, 3.63) is 0 Å². The van der Waals surface area contributed by atoms with Gasteiger partial charge in [-0.15, -0.1) is 0 Å². The van der Waals surface area contributed by atoms with Gasteiger partial charge in [0.15, 0.2) is 0 Å². The minimum Gasteiger partial charge on any atom is -0.465 e. The highest BCUT2D eigenvalue weighted by molar-refractivity contribution is 5.76. The van der Waals surface area contributed by atoms with E-state index in [2.05, 4.69) is 11.8 Å². The zero-order valence-electron chi connectivity index (χ0n) is 11.1. The lowest BCUT2D eigenvalue weighted by molar-refractivity contribution is -0.148. The van der Waals surface area contributed by atoms with E-state index < -0.39 is 0 Å². The van der Waals surface area contributed by atoms with Crippen LogP contribution in [-0.4, -0.2) is 49.8 Å². The molecule has 17 heavy (non-hydrogen) atoms. The first-order chi connectivity index (χ1) is 8.29. The molecule has 0 aliphatic carbocycles. The van der Waals surface area contributed by atoms with Crippen molar-refractivity contribution in [3.8, 4) is 0 Å². The van der Waals surface area contributed by atoms with Gasteiger partial charge >= 0.3 is 5.97 Å². The molecule has 1 fully saturated rings. The van der Waals surface area contributed by atoms with Crippen LogP contribution in [-0.2, 0) is 14.3 Å². The second-order valence-corrected chi connectivity index (χ2v) is 4.41. The normalized spacial score (nSPS) is 20.7. The molecule has 1 unspecified atom stereocenters. The number of hydrogen-bond acceptors (Lipinski definition) is 4. The largest absolute Gasteiger partial charge is 0.465 e. The molecule has 0 radical (unpaired) electrons. The monoisotopic (exact) mass is 243 g/mol. The van der Waals surface area contributed by atoms with Crippen LogP contribution in [0.5, 0.6) is 0 Å². The van der Waals surface area contributed by atoms with Gasteiger partial charge in [-0.05, 0) is 32.7 Å². The fourth-order valence-corrected chi connectivity index (χ4v) is 2.13. The molecular formula is C13H25NO3. The quantitative estimate of drug-likeness (QED) is 0.481. The molecule has 0 amide bonds. The smallest absolute Gasteiger partial charge is 0.323 e. The van der Waals surface area contributed by atoms with E-state index in [1.165, 1.54) is 0 Å². The van der Waals surface area contributed by atoms with Crippen molar-refractivity contribution in [1.29, 1.82) is 0 Å². The lowest BCUT2D eigenvalue weighted by Crippen LogP contribution is -2.39. The van der Waals surface area contributed by atoms with Gasteiger partial charge in [-0.1, -0.05) is 13.3 Å². The second-order valence-electron chi connectivity index (χ2n) is 4.41. The number of hydrogen-bond donors (Lipinski definition) is 0. The summed E-state index contributed by atoms with van der Waals surface area (Å²) in [5.74, 6) is -0.0708. The Kier molecular flexibility index (Phi) is 7.21. The Balaban J connectivity index is 2.19. The zero-order valence-corrected chi connectivity index (χ0v) is 11.1. The Morgan fingerprint density at radius 3 is 2.88 bits per heavy atom. The van der Waals surface area contributed by atoms with Gasteiger partial charge < -0.3 is 9.47 Å². The van der Waals surface area contributed by atoms with Crippen molar-refractivity contribution in [1.82, 2.24) is 4.90 Å². The number of ether oxygens (including phenoxy) is 2. The molecule has 0 saturated carbocycles. The summed E-state index contributed by atoms with van der Waals surface area (Å²) in [5, 5.41) is 0. The first kappa shape index (κ1) is 14.5. The molecule has 1 aliphatic heterocycles. The van der Waals surface area contributed by atoms with Crippen LogP contribution in [0.2, 0.25) is 0 Å². The maximum absolute atomic E-state index is 11.7. The van der Waals surface area contributed by atoms with Crippen molar-refractivity contribution in [2.45, 2.75) is 45.6 Å². The van der Waals surface area contributed by atoms with Gasteiger partial charge in [0.05, 0.1) is 13.2 Å². The van der Waals surface area contributed by atoms with Crippen LogP contribution in [0.4, 0.5) is 0 Å². The van der Waals surface area contributed by atoms with E-state index in [0.717, 1.165) is 52.0 Å². The summed E-state index contributed by atoms with van der Waals surface area (Å²) in [5.41, 5.74) is 0. The fourth-order valence-electron chi connectivity index (χ4n) is 2.13. The molecule has 0 N–H and O–H groups in total. The first-order valence-corrected chi connectivity index (χ1v) is 6.78. The molecule has 4 heteroatoms. The van der Waals surface area contributed by atoms with E-state index in [-0.39, 0.29) is 12.0 Å². The highest BCUT2D eigenvalue weighted by Crippen LogP contribution is 2.17. The molecule has 4 nitrogen and oxygen atoms in total. The molecule has 0 bridgehead atoms. The lowest BCUT2D eigenvalue weighted by atomic mass is 10.2. The standard InChI is InChI=1S/C13H25NO3/c1-3-5-10-16-11-9-14-8-6-7-12(14)13(15)17-4-2/h12H,3-11H2,1-2H3. The number of likely N-dealkylation sites (tertiary alicyclic amines) is 1. The fraction of sp³-hybridized carbons (Fsp3) is 0.923. The van der Waals surface area contributed by atoms with Gasteiger partial charge in [0.2, 0.25) is 0 Å². The Hall–Kier alpha value is -0.610. The van der Waals surface area contributed by atoms with Crippen molar-refractivity contribution in [2.75, 3.05) is 32.9 Å². The SMILES string of the molecule is CCCCOCCN1CCCC1C(=O)OCC. The van der Waals surface area contributed by atoms with Crippen molar-refractivity contribution >= 4 is 5.97 Å². The zero-order chi connectivity index (χ0) is 12.5. The molecule has 1 aliphatic rings. The minimum atomic E-state index is -0.0708. The van der Waals surface area contributed by atoms with Gasteiger partial charge in [-0.3, -0.25) is 9.69 Å². The van der Waals surface area contributed by atoms with Crippen LogP contribution in [0.25, 0.3) is 0 Å². The van der Waals surface area contributed by atoms with Crippen molar-refractivity contribution < 1.29 is 14.3 Å². The van der Waals surface area contributed by atoms with Crippen LogP contribution in [0, 0.1) is 0 Å². The number of nitrogens with zero attached hydrogens (tertiary/aromatic N) is 1. The Morgan fingerprint density at radius 1 is 1.35 bits per heavy atom. The van der Waals surface area contributed by atoms with Gasteiger partial charge in [0.25, 0.3) is 0 Å². The van der Waals surface area contributed by atoms with Gasteiger partial charge in [-0.2, -0.15) is 0 Å². The molecule has 0 spiro atoms. The Labute approximate surface area is 104 Å². The molecule has 100 valence electrons. The van der Waals surface area contributed by atoms with Gasteiger partial charge in [0.1, 0.15) is 6.04 Å². The van der Waals surface area contributed by atoms with E-state index in [1.807, 2.05) is 6.92 Å². The first-order valence-electron chi connectivity index (χ1n) is 6.78. The summed E-state index contributed by atoms with van der Waals surface area (Å²) in [6.45, 7) is 7.85. The molecule has 1 saturated heterocycles. The van der Waals surface area contributed by atoms with Crippen LogP contribution in [0.1, 0.15) is 39.5 Å². The molecule has 0 aromatic heterocycles. The number of unbranched alkanes of at least 4 members (excludes halogenated alkanes) is 1. The number of rotatable bonds is 8. The molecule has 1 atom stereocenters. The van der Waals surface area contributed by atoms with Crippen LogP contribution in [0.3, 0.4) is 0 Å². The predicted molar refractivity (Wildman–Crippen MR) is 67.0 cm³/mol. The maximum atomic E-state index is 11.7. The summed E-state index contributed by atoms with van der Waals surface area (Å²) >= 11 is 0. The van der Waals surface area contributed by atoms with Gasteiger partial charge in [0, 0.05) is 13.2 Å².